The van der Waals surface area contributed by atoms with Gasteiger partial charge in [0, 0.05) is 25.0 Å². The predicted molar refractivity (Wildman–Crippen MR) is 60.7 cm³/mol. The molecule has 2 N–H and O–H groups in total. The molecule has 1 heterocycles. The van der Waals surface area contributed by atoms with Crippen molar-refractivity contribution in [2.75, 3.05) is 6.54 Å². The summed E-state index contributed by atoms with van der Waals surface area (Å²) in [6.45, 7) is 6.84. The van der Waals surface area contributed by atoms with E-state index >= 15 is 0 Å². The molecule has 0 radical (unpaired) electrons. The molecule has 1 rings (SSSR count). The van der Waals surface area contributed by atoms with E-state index in [2.05, 4.69) is 24.3 Å². The highest BCUT2D eigenvalue weighted by Crippen LogP contribution is 2.08. The van der Waals surface area contributed by atoms with Crippen LogP contribution in [-0.4, -0.2) is 33.6 Å². The lowest BCUT2D eigenvalue weighted by Crippen LogP contribution is -2.38. The number of aliphatic hydroxyl groups is 1. The summed E-state index contributed by atoms with van der Waals surface area (Å²) < 4.78 is 1.93. The first kappa shape index (κ1) is 12.2. The quantitative estimate of drug-likeness (QED) is 0.743. The van der Waals surface area contributed by atoms with E-state index in [4.69, 9.17) is 0 Å². The van der Waals surface area contributed by atoms with Gasteiger partial charge in [0.1, 0.15) is 0 Å². The second kappa shape index (κ2) is 5.88. The molecule has 0 bridgehead atoms. The van der Waals surface area contributed by atoms with Gasteiger partial charge in [-0.25, -0.2) is 0 Å². The Balaban J connectivity index is 2.37. The third kappa shape index (κ3) is 3.64. The van der Waals surface area contributed by atoms with Gasteiger partial charge in [0.15, 0.2) is 0 Å². The van der Waals surface area contributed by atoms with E-state index < -0.39 is 0 Å². The predicted octanol–water partition coefficient (Wildman–Crippen LogP) is 1.19. The third-order valence-corrected chi connectivity index (χ3v) is 2.81. The van der Waals surface area contributed by atoms with Gasteiger partial charge in [-0.3, -0.25) is 4.68 Å². The van der Waals surface area contributed by atoms with E-state index in [0.717, 1.165) is 6.42 Å². The first-order valence-corrected chi connectivity index (χ1v) is 5.55. The molecular formula is C11H21N3O. The average molecular weight is 211 g/mol. The van der Waals surface area contributed by atoms with E-state index in [1.54, 1.807) is 6.20 Å². The molecule has 0 aliphatic rings. The van der Waals surface area contributed by atoms with Crippen LogP contribution in [0.2, 0.25) is 0 Å². The zero-order valence-corrected chi connectivity index (χ0v) is 9.72. The highest BCUT2D eigenvalue weighted by atomic mass is 16.3. The van der Waals surface area contributed by atoms with Crippen LogP contribution in [0.4, 0.5) is 0 Å². The molecule has 86 valence electrons. The van der Waals surface area contributed by atoms with Crippen molar-refractivity contribution in [3.8, 4) is 0 Å². The van der Waals surface area contributed by atoms with Gasteiger partial charge in [0.05, 0.1) is 12.1 Å². The molecule has 1 aromatic heterocycles. The number of nitrogens with one attached hydrogen (secondary N) is 1. The minimum Gasteiger partial charge on any atom is -0.392 e. The van der Waals surface area contributed by atoms with Gasteiger partial charge in [0.2, 0.25) is 0 Å². The Morgan fingerprint density at radius 3 is 2.73 bits per heavy atom. The fourth-order valence-corrected chi connectivity index (χ4v) is 1.39. The molecule has 0 aromatic carbocycles. The number of aromatic nitrogens is 2. The smallest absolute Gasteiger partial charge is 0.0662 e. The summed E-state index contributed by atoms with van der Waals surface area (Å²) in [6, 6.07) is 2.51. The molecule has 15 heavy (non-hydrogen) atoms. The Morgan fingerprint density at radius 2 is 2.20 bits per heavy atom. The highest BCUT2D eigenvalue weighted by molar-refractivity contribution is 4.83. The van der Waals surface area contributed by atoms with Crippen LogP contribution < -0.4 is 5.32 Å². The van der Waals surface area contributed by atoms with E-state index in [1.807, 2.05) is 23.9 Å². The zero-order valence-electron chi connectivity index (χ0n) is 9.72. The molecule has 0 aliphatic heterocycles. The van der Waals surface area contributed by atoms with E-state index in [-0.39, 0.29) is 6.10 Å². The number of hydrogen-bond donors (Lipinski definition) is 2. The second-order valence-electron chi connectivity index (χ2n) is 3.99. The lowest BCUT2D eigenvalue weighted by atomic mass is 10.1. The van der Waals surface area contributed by atoms with Crippen molar-refractivity contribution in [2.24, 2.45) is 0 Å². The molecule has 0 unspecified atom stereocenters. The topological polar surface area (TPSA) is 50.1 Å². The van der Waals surface area contributed by atoms with Crippen molar-refractivity contribution < 1.29 is 5.11 Å². The third-order valence-electron chi connectivity index (χ3n) is 2.81. The van der Waals surface area contributed by atoms with Crippen molar-refractivity contribution in [3.05, 3.63) is 18.5 Å². The Kier molecular flexibility index (Phi) is 4.78. The number of hydrogen-bond acceptors (Lipinski definition) is 3. The fraction of sp³-hybridized carbons (Fsp3) is 0.727. The number of nitrogens with zero attached hydrogens (tertiary/aromatic N) is 2. The normalized spacial score (nSPS) is 17.3. The Labute approximate surface area is 91.3 Å². The lowest BCUT2D eigenvalue weighted by Gasteiger charge is -2.23. The zero-order chi connectivity index (χ0) is 11.3. The molecule has 0 saturated carbocycles. The Hall–Kier alpha value is -0.870. The fourth-order valence-electron chi connectivity index (χ4n) is 1.39. The lowest BCUT2D eigenvalue weighted by molar-refractivity contribution is 0.159. The number of aliphatic hydroxyl groups excluding tert-OH is 1. The molecular weight excluding hydrogens is 190 g/mol. The molecule has 4 heteroatoms. The monoisotopic (exact) mass is 211 g/mol. The van der Waals surface area contributed by atoms with E-state index in [1.165, 1.54) is 0 Å². The van der Waals surface area contributed by atoms with Crippen LogP contribution in [0.5, 0.6) is 0 Å². The van der Waals surface area contributed by atoms with Crippen LogP contribution in [-0.2, 0) is 0 Å². The molecule has 0 spiro atoms. The van der Waals surface area contributed by atoms with Crippen molar-refractivity contribution in [1.82, 2.24) is 15.1 Å². The van der Waals surface area contributed by atoms with Crippen LogP contribution in [0.1, 0.15) is 33.2 Å². The van der Waals surface area contributed by atoms with Crippen LogP contribution >= 0.6 is 0 Å². The van der Waals surface area contributed by atoms with Crippen molar-refractivity contribution in [3.63, 3.8) is 0 Å². The maximum absolute atomic E-state index is 9.43. The van der Waals surface area contributed by atoms with Gasteiger partial charge in [-0.05, 0) is 26.3 Å². The summed E-state index contributed by atoms with van der Waals surface area (Å²) in [5, 5.41) is 16.9. The summed E-state index contributed by atoms with van der Waals surface area (Å²) >= 11 is 0. The summed E-state index contributed by atoms with van der Waals surface area (Å²) in [6.07, 6.45) is 4.27. The highest BCUT2D eigenvalue weighted by Gasteiger charge is 2.14. The first-order valence-electron chi connectivity index (χ1n) is 5.55. The van der Waals surface area contributed by atoms with E-state index in [9.17, 15) is 5.11 Å². The minimum atomic E-state index is -0.253. The molecule has 4 nitrogen and oxygen atoms in total. The first-order chi connectivity index (χ1) is 7.15. The average Bonchev–Trinajstić information content (AvgIpc) is 2.77. The van der Waals surface area contributed by atoms with Crippen molar-refractivity contribution in [2.45, 2.75) is 45.4 Å². The second-order valence-corrected chi connectivity index (χ2v) is 3.99. The molecule has 0 fully saturated rings. The van der Waals surface area contributed by atoms with Gasteiger partial charge in [0.25, 0.3) is 0 Å². The van der Waals surface area contributed by atoms with Gasteiger partial charge >= 0.3 is 0 Å². The van der Waals surface area contributed by atoms with Crippen LogP contribution in [0.25, 0.3) is 0 Å². The SMILES string of the molecule is CC[C@H](O)CN[C@H](C)[C@@H](C)n1cccn1. The molecule has 0 amide bonds. The van der Waals surface area contributed by atoms with Gasteiger partial charge in [-0.2, -0.15) is 5.10 Å². The van der Waals surface area contributed by atoms with Gasteiger partial charge < -0.3 is 10.4 Å². The Morgan fingerprint density at radius 1 is 1.47 bits per heavy atom. The van der Waals surface area contributed by atoms with Crippen LogP contribution in [0.3, 0.4) is 0 Å². The number of rotatable bonds is 6. The standard InChI is InChI=1S/C11H21N3O/c1-4-11(15)8-12-9(2)10(3)14-7-5-6-13-14/h5-7,9-12,15H,4,8H2,1-3H3/t9-,10-,11+/m1/s1. The summed E-state index contributed by atoms with van der Waals surface area (Å²) in [4.78, 5) is 0. The van der Waals surface area contributed by atoms with Gasteiger partial charge in [-0.15, -0.1) is 0 Å². The largest absolute Gasteiger partial charge is 0.392 e. The summed E-state index contributed by atoms with van der Waals surface area (Å²) in [5.41, 5.74) is 0. The maximum atomic E-state index is 9.43. The molecule has 0 saturated heterocycles. The Bertz CT molecular complexity index is 261. The molecule has 1 aromatic rings. The summed E-state index contributed by atoms with van der Waals surface area (Å²) in [7, 11) is 0. The van der Waals surface area contributed by atoms with Crippen molar-refractivity contribution >= 4 is 0 Å². The van der Waals surface area contributed by atoms with Crippen LogP contribution in [0, 0.1) is 0 Å². The van der Waals surface area contributed by atoms with Gasteiger partial charge in [-0.1, -0.05) is 6.92 Å². The molecule has 0 aliphatic carbocycles. The van der Waals surface area contributed by atoms with E-state index in [0.29, 0.717) is 18.6 Å². The van der Waals surface area contributed by atoms with Crippen LogP contribution in [0.15, 0.2) is 18.5 Å². The summed E-state index contributed by atoms with van der Waals surface area (Å²) in [5.74, 6) is 0. The minimum absolute atomic E-state index is 0.253. The van der Waals surface area contributed by atoms with Crippen molar-refractivity contribution in [1.29, 1.82) is 0 Å². The maximum Gasteiger partial charge on any atom is 0.0662 e. The molecule has 3 atom stereocenters.